The number of carbonyl (C=O) groups excluding carboxylic acids is 1. The number of Topliss-reactive ketones (excluding diaryl/α,β-unsaturated/α-hetero) is 1. The van der Waals surface area contributed by atoms with Gasteiger partial charge in [-0.15, -0.1) is 0 Å². The standard InChI is InChI=1S/C26H23ClF2N2O4/c1-14-6-17(9-18(7-14)35-5-4-32)31-25(19-3-2-16(27)8-15(19)13-33)26(34)21-12-30-24-11-23(29)22(28)10-20(21)24/h2-3,6-12,25,30-33H,4-5,13H2,1H3. The summed E-state index contributed by atoms with van der Waals surface area (Å²) in [6.45, 7) is 1.44. The van der Waals surface area contributed by atoms with Gasteiger partial charge in [0.15, 0.2) is 17.4 Å². The second-order valence-electron chi connectivity index (χ2n) is 8.06. The van der Waals surface area contributed by atoms with Gasteiger partial charge in [0.05, 0.1) is 13.2 Å². The van der Waals surface area contributed by atoms with Crippen molar-refractivity contribution in [3.8, 4) is 5.75 Å². The summed E-state index contributed by atoms with van der Waals surface area (Å²) in [5.74, 6) is -2.03. The molecule has 0 saturated carbocycles. The zero-order valence-corrected chi connectivity index (χ0v) is 19.5. The molecule has 1 unspecified atom stereocenters. The summed E-state index contributed by atoms with van der Waals surface area (Å²) in [6.07, 6.45) is 1.40. The number of H-pyrrole nitrogens is 1. The first-order valence-electron chi connectivity index (χ1n) is 10.8. The Morgan fingerprint density at radius 1 is 1.11 bits per heavy atom. The SMILES string of the molecule is Cc1cc(NC(C(=O)c2c[nH]c3cc(F)c(F)cc23)c2ccc(Cl)cc2CO)cc(OCCO)c1. The number of ketones is 1. The monoisotopic (exact) mass is 500 g/mol. The van der Waals surface area contributed by atoms with E-state index in [2.05, 4.69) is 10.3 Å². The number of hydrogen-bond donors (Lipinski definition) is 4. The molecule has 0 saturated heterocycles. The molecular formula is C26H23ClF2N2O4. The van der Waals surface area contributed by atoms with Crippen LogP contribution in [0.2, 0.25) is 5.02 Å². The first-order chi connectivity index (χ1) is 16.8. The Labute approximate surface area is 205 Å². The molecule has 1 aromatic heterocycles. The Hall–Kier alpha value is -3.46. The van der Waals surface area contributed by atoms with E-state index in [9.17, 15) is 18.7 Å². The van der Waals surface area contributed by atoms with E-state index in [1.807, 2.05) is 13.0 Å². The van der Waals surface area contributed by atoms with Crippen LogP contribution >= 0.6 is 11.6 Å². The molecule has 0 amide bonds. The number of rotatable bonds is 9. The average molecular weight is 501 g/mol. The van der Waals surface area contributed by atoms with Crippen molar-refractivity contribution in [2.24, 2.45) is 0 Å². The van der Waals surface area contributed by atoms with Crippen molar-refractivity contribution in [2.45, 2.75) is 19.6 Å². The third-order valence-corrected chi connectivity index (χ3v) is 5.79. The lowest BCUT2D eigenvalue weighted by atomic mass is 9.93. The first-order valence-corrected chi connectivity index (χ1v) is 11.2. The van der Waals surface area contributed by atoms with E-state index < -0.39 is 23.5 Å². The number of nitrogens with one attached hydrogen (secondary N) is 2. The Morgan fingerprint density at radius 2 is 1.89 bits per heavy atom. The van der Waals surface area contributed by atoms with Crippen LogP contribution in [0, 0.1) is 18.6 Å². The quantitative estimate of drug-likeness (QED) is 0.234. The Morgan fingerprint density at radius 3 is 2.63 bits per heavy atom. The second kappa shape index (κ2) is 10.4. The number of ether oxygens (including phenoxy) is 1. The fraction of sp³-hybridized carbons (Fsp3) is 0.192. The lowest BCUT2D eigenvalue weighted by Gasteiger charge is -2.22. The molecule has 0 fully saturated rings. The van der Waals surface area contributed by atoms with Crippen LogP contribution in [0.3, 0.4) is 0 Å². The summed E-state index contributed by atoms with van der Waals surface area (Å²) in [5.41, 5.74) is 2.73. The van der Waals surface area contributed by atoms with Gasteiger partial charge in [-0.1, -0.05) is 17.7 Å². The van der Waals surface area contributed by atoms with E-state index in [0.717, 1.165) is 17.7 Å². The minimum Gasteiger partial charge on any atom is -0.491 e. The first kappa shape index (κ1) is 24.7. The van der Waals surface area contributed by atoms with Crippen molar-refractivity contribution in [2.75, 3.05) is 18.5 Å². The van der Waals surface area contributed by atoms with Crippen LogP contribution in [-0.2, 0) is 6.61 Å². The highest BCUT2D eigenvalue weighted by Crippen LogP contribution is 2.33. The number of aromatic amines is 1. The fourth-order valence-corrected chi connectivity index (χ4v) is 4.19. The summed E-state index contributed by atoms with van der Waals surface area (Å²) >= 11 is 6.10. The zero-order valence-electron chi connectivity index (χ0n) is 18.7. The molecule has 3 aromatic carbocycles. The number of aliphatic hydroxyl groups excluding tert-OH is 2. The Balaban J connectivity index is 1.81. The number of halogens is 3. The number of benzene rings is 3. The maximum Gasteiger partial charge on any atom is 0.191 e. The van der Waals surface area contributed by atoms with E-state index in [1.54, 1.807) is 30.3 Å². The Kier molecular flexibility index (Phi) is 7.35. The molecular weight excluding hydrogens is 478 g/mol. The van der Waals surface area contributed by atoms with E-state index in [0.29, 0.717) is 27.6 Å². The van der Waals surface area contributed by atoms with E-state index in [4.69, 9.17) is 21.4 Å². The van der Waals surface area contributed by atoms with Crippen molar-refractivity contribution in [1.29, 1.82) is 0 Å². The number of carbonyl (C=O) groups is 1. The minimum absolute atomic E-state index is 0.106. The lowest BCUT2D eigenvalue weighted by molar-refractivity contribution is 0.0970. The summed E-state index contributed by atoms with van der Waals surface area (Å²) in [5, 5.41) is 22.8. The lowest BCUT2D eigenvalue weighted by Crippen LogP contribution is -2.23. The van der Waals surface area contributed by atoms with E-state index in [1.165, 1.54) is 6.20 Å². The van der Waals surface area contributed by atoms with E-state index >= 15 is 0 Å². The number of aryl methyl sites for hydroxylation is 1. The smallest absolute Gasteiger partial charge is 0.191 e. The molecule has 6 nitrogen and oxygen atoms in total. The fourth-order valence-electron chi connectivity index (χ4n) is 4.00. The molecule has 4 N–H and O–H groups in total. The predicted octanol–water partition coefficient (Wildman–Crippen LogP) is 5.31. The Bertz CT molecular complexity index is 1390. The molecule has 4 rings (SSSR count). The van der Waals surface area contributed by atoms with Gasteiger partial charge in [0.1, 0.15) is 18.4 Å². The highest BCUT2D eigenvalue weighted by molar-refractivity contribution is 6.30. The van der Waals surface area contributed by atoms with Gasteiger partial charge in [0.25, 0.3) is 0 Å². The van der Waals surface area contributed by atoms with Gasteiger partial charge in [0, 0.05) is 45.5 Å². The molecule has 9 heteroatoms. The molecule has 0 bridgehead atoms. The van der Waals surface area contributed by atoms with Crippen molar-refractivity contribution in [3.05, 3.63) is 93.6 Å². The van der Waals surface area contributed by atoms with Gasteiger partial charge in [-0.25, -0.2) is 8.78 Å². The van der Waals surface area contributed by atoms with Gasteiger partial charge >= 0.3 is 0 Å². The molecule has 0 radical (unpaired) electrons. The van der Waals surface area contributed by atoms with Crippen LogP contribution in [0.25, 0.3) is 10.9 Å². The topological polar surface area (TPSA) is 94.6 Å². The number of fused-ring (bicyclic) bond motifs is 1. The molecule has 4 aromatic rings. The van der Waals surface area contributed by atoms with Crippen LogP contribution in [0.5, 0.6) is 5.75 Å². The maximum absolute atomic E-state index is 14.0. The summed E-state index contributed by atoms with van der Waals surface area (Å²) in [6, 6.07) is 11.1. The third kappa shape index (κ3) is 5.30. The normalized spacial score (nSPS) is 12.1. The van der Waals surface area contributed by atoms with Crippen LogP contribution in [-0.4, -0.2) is 34.2 Å². The van der Waals surface area contributed by atoms with Gasteiger partial charge < -0.3 is 25.3 Å². The molecule has 1 heterocycles. The average Bonchev–Trinajstić information content (AvgIpc) is 3.23. The van der Waals surface area contributed by atoms with Crippen LogP contribution in [0.1, 0.15) is 33.1 Å². The second-order valence-corrected chi connectivity index (χ2v) is 8.50. The molecule has 0 aliphatic carbocycles. The maximum atomic E-state index is 14.0. The van der Waals surface area contributed by atoms with Gasteiger partial charge in [-0.05, 0) is 53.9 Å². The number of aromatic nitrogens is 1. The van der Waals surface area contributed by atoms with Gasteiger partial charge in [-0.2, -0.15) is 0 Å². The van der Waals surface area contributed by atoms with E-state index in [-0.39, 0.29) is 36.3 Å². The van der Waals surface area contributed by atoms with Crippen LogP contribution in [0.4, 0.5) is 14.5 Å². The molecule has 182 valence electrons. The zero-order chi connectivity index (χ0) is 25.1. The largest absolute Gasteiger partial charge is 0.491 e. The number of hydrogen-bond acceptors (Lipinski definition) is 5. The summed E-state index contributed by atoms with van der Waals surface area (Å²) in [4.78, 5) is 16.7. The third-order valence-electron chi connectivity index (χ3n) is 5.56. The van der Waals surface area contributed by atoms with Crippen molar-refractivity contribution < 1.29 is 28.5 Å². The van der Waals surface area contributed by atoms with Crippen molar-refractivity contribution in [1.82, 2.24) is 4.98 Å². The minimum atomic E-state index is -1.07. The highest BCUT2D eigenvalue weighted by atomic mass is 35.5. The summed E-state index contributed by atoms with van der Waals surface area (Å²) < 4.78 is 33.2. The van der Waals surface area contributed by atoms with Crippen molar-refractivity contribution >= 4 is 34.0 Å². The molecule has 35 heavy (non-hydrogen) atoms. The molecule has 0 aliphatic heterocycles. The molecule has 0 aliphatic rings. The van der Waals surface area contributed by atoms with Crippen LogP contribution in [0.15, 0.2) is 54.7 Å². The predicted molar refractivity (Wildman–Crippen MR) is 130 cm³/mol. The number of aliphatic hydroxyl groups is 2. The van der Waals surface area contributed by atoms with Crippen molar-refractivity contribution in [3.63, 3.8) is 0 Å². The number of anilines is 1. The molecule has 1 atom stereocenters. The molecule has 0 spiro atoms. The van der Waals surface area contributed by atoms with Crippen LogP contribution < -0.4 is 10.1 Å². The van der Waals surface area contributed by atoms with Gasteiger partial charge in [-0.3, -0.25) is 4.79 Å². The van der Waals surface area contributed by atoms with Gasteiger partial charge in [0.2, 0.25) is 0 Å². The highest BCUT2D eigenvalue weighted by Gasteiger charge is 2.27. The summed E-state index contributed by atoms with van der Waals surface area (Å²) in [7, 11) is 0.